The van der Waals surface area contributed by atoms with Crippen molar-refractivity contribution < 1.29 is 13.5 Å². The second-order valence-corrected chi connectivity index (χ2v) is 3.52. The van der Waals surface area contributed by atoms with E-state index in [1.165, 1.54) is 0 Å². The lowest BCUT2D eigenvalue weighted by molar-refractivity contribution is 0.413. The maximum absolute atomic E-state index is 13.4. The summed E-state index contributed by atoms with van der Waals surface area (Å²) in [6.07, 6.45) is -0.0671. The van der Waals surface area contributed by atoms with Crippen LogP contribution in [-0.4, -0.2) is 20.7 Å². The normalized spacial score (nSPS) is 19.6. The summed E-state index contributed by atoms with van der Waals surface area (Å²) in [6.45, 7) is 0.589. The molecule has 0 spiro atoms. The Labute approximate surface area is 81.1 Å². The van der Waals surface area contributed by atoms with Crippen molar-refractivity contribution in [3.63, 3.8) is 0 Å². The molecule has 0 radical (unpaired) electrons. The highest BCUT2D eigenvalue weighted by atomic mass is 19.2. The van der Waals surface area contributed by atoms with Gasteiger partial charge in [-0.25, -0.2) is 8.78 Å². The highest BCUT2D eigenvalue weighted by Crippen LogP contribution is 2.38. The first-order chi connectivity index (χ1) is 6.61. The van der Waals surface area contributed by atoms with Crippen molar-refractivity contribution >= 4 is 5.69 Å². The van der Waals surface area contributed by atoms with Crippen LogP contribution in [0.5, 0.6) is 0 Å². The number of anilines is 1. The molecule has 2 nitrogen and oxygen atoms in total. The van der Waals surface area contributed by atoms with Crippen LogP contribution in [0.25, 0.3) is 0 Å². The zero-order valence-corrected chi connectivity index (χ0v) is 8.05. The molecule has 1 saturated heterocycles. The van der Waals surface area contributed by atoms with E-state index in [9.17, 15) is 8.78 Å². The topological polar surface area (TPSA) is 15.8 Å². The van der Waals surface area contributed by atoms with E-state index in [1.807, 2.05) is 0 Å². The third-order valence-electron chi connectivity index (χ3n) is 2.23. The summed E-state index contributed by atoms with van der Waals surface area (Å²) in [5.74, 6) is -1.62. The van der Waals surface area contributed by atoms with E-state index in [2.05, 4.69) is 0 Å². The summed E-state index contributed by atoms with van der Waals surface area (Å²) in [5, 5.41) is 0. The molecule has 1 fully saturated rings. The molecule has 0 N–H and O–H groups in total. The first kappa shape index (κ1) is 9.40. The average molecular weight is 199 g/mol. The molecule has 0 saturated carbocycles. The van der Waals surface area contributed by atoms with Gasteiger partial charge in [0.25, 0.3) is 0 Å². The zero-order valence-electron chi connectivity index (χ0n) is 8.05. The Morgan fingerprint density at radius 2 is 2.00 bits per heavy atom. The van der Waals surface area contributed by atoms with Crippen molar-refractivity contribution in [1.29, 1.82) is 0 Å². The standard InChI is InChI=1S/C10H11F2NO/c1-13(2)10-6(8-5-14-8)3-4-7(11)9(10)12/h3-4,8H,5H2,1-2H3/t8-/m1/s1. The van der Waals surface area contributed by atoms with Crippen molar-refractivity contribution in [3.05, 3.63) is 29.3 Å². The molecule has 1 aromatic carbocycles. The number of nitrogens with zero attached hydrogens (tertiary/aromatic N) is 1. The molecule has 1 atom stereocenters. The molecule has 1 aliphatic heterocycles. The number of ether oxygens (including phenoxy) is 1. The van der Waals surface area contributed by atoms with Crippen molar-refractivity contribution in [2.75, 3.05) is 25.6 Å². The lowest BCUT2D eigenvalue weighted by Crippen LogP contribution is -2.14. The second-order valence-electron chi connectivity index (χ2n) is 3.52. The number of rotatable bonds is 2. The van der Waals surface area contributed by atoms with Gasteiger partial charge in [-0.15, -0.1) is 0 Å². The monoisotopic (exact) mass is 199 g/mol. The van der Waals surface area contributed by atoms with Gasteiger partial charge in [0.05, 0.1) is 12.3 Å². The van der Waals surface area contributed by atoms with E-state index in [0.717, 1.165) is 6.07 Å². The van der Waals surface area contributed by atoms with Crippen molar-refractivity contribution in [1.82, 2.24) is 0 Å². The molecular weight excluding hydrogens is 188 g/mol. The molecule has 1 aromatic rings. The average Bonchev–Trinajstić information content (AvgIpc) is 2.91. The molecule has 4 heteroatoms. The largest absolute Gasteiger partial charge is 0.375 e. The molecule has 1 aliphatic rings. The molecule has 1 heterocycles. The number of hydrogen-bond donors (Lipinski definition) is 0. The van der Waals surface area contributed by atoms with E-state index in [1.54, 1.807) is 25.1 Å². The van der Waals surface area contributed by atoms with Gasteiger partial charge in [-0.3, -0.25) is 0 Å². The quantitative estimate of drug-likeness (QED) is 0.678. The van der Waals surface area contributed by atoms with Crippen LogP contribution in [0.3, 0.4) is 0 Å². The maximum Gasteiger partial charge on any atom is 0.182 e. The molecule has 0 aromatic heterocycles. The third-order valence-corrected chi connectivity index (χ3v) is 2.23. The predicted molar refractivity (Wildman–Crippen MR) is 49.4 cm³/mol. The molecule has 76 valence electrons. The number of halogens is 2. The van der Waals surface area contributed by atoms with Crippen molar-refractivity contribution in [3.8, 4) is 0 Å². The van der Waals surface area contributed by atoms with Crippen LogP contribution >= 0.6 is 0 Å². The van der Waals surface area contributed by atoms with Gasteiger partial charge in [0.2, 0.25) is 0 Å². The molecule has 0 amide bonds. The van der Waals surface area contributed by atoms with Gasteiger partial charge in [-0.1, -0.05) is 6.07 Å². The first-order valence-electron chi connectivity index (χ1n) is 4.38. The summed E-state index contributed by atoms with van der Waals surface area (Å²) in [5.41, 5.74) is 1.00. The van der Waals surface area contributed by atoms with Gasteiger partial charge in [0.15, 0.2) is 11.6 Å². The van der Waals surface area contributed by atoms with Gasteiger partial charge < -0.3 is 9.64 Å². The van der Waals surface area contributed by atoms with Crippen LogP contribution in [0, 0.1) is 11.6 Å². The highest BCUT2D eigenvalue weighted by Gasteiger charge is 2.30. The van der Waals surface area contributed by atoms with Gasteiger partial charge in [0, 0.05) is 19.7 Å². The molecule has 0 unspecified atom stereocenters. The number of hydrogen-bond acceptors (Lipinski definition) is 2. The van der Waals surface area contributed by atoms with Crippen LogP contribution in [-0.2, 0) is 4.74 Å². The lowest BCUT2D eigenvalue weighted by Gasteiger charge is -2.17. The van der Waals surface area contributed by atoms with Gasteiger partial charge in [0.1, 0.15) is 6.10 Å². The molecule has 2 rings (SSSR count). The minimum Gasteiger partial charge on any atom is -0.375 e. The molecule has 0 bridgehead atoms. The minimum atomic E-state index is -0.821. The summed E-state index contributed by atoms with van der Waals surface area (Å²) < 4.78 is 31.5. The van der Waals surface area contributed by atoms with Crippen LogP contribution in [0.2, 0.25) is 0 Å². The molecule has 0 aliphatic carbocycles. The Bertz CT molecular complexity index is 361. The van der Waals surface area contributed by atoms with Crippen LogP contribution < -0.4 is 4.90 Å². The number of epoxide rings is 1. The fourth-order valence-corrected chi connectivity index (χ4v) is 1.50. The Morgan fingerprint density at radius 1 is 1.36 bits per heavy atom. The molecular formula is C10H11F2NO. The van der Waals surface area contributed by atoms with E-state index < -0.39 is 11.6 Å². The first-order valence-corrected chi connectivity index (χ1v) is 4.38. The highest BCUT2D eigenvalue weighted by molar-refractivity contribution is 5.56. The summed E-state index contributed by atoms with van der Waals surface area (Å²) in [7, 11) is 3.37. The SMILES string of the molecule is CN(C)c1c([C@H]2CO2)ccc(F)c1F. The Morgan fingerprint density at radius 3 is 2.50 bits per heavy atom. The van der Waals surface area contributed by atoms with Gasteiger partial charge in [-0.05, 0) is 6.07 Å². The lowest BCUT2D eigenvalue weighted by atomic mass is 10.1. The minimum absolute atomic E-state index is 0.0671. The summed E-state index contributed by atoms with van der Waals surface area (Å²) >= 11 is 0. The number of benzene rings is 1. The van der Waals surface area contributed by atoms with E-state index in [4.69, 9.17) is 4.74 Å². The van der Waals surface area contributed by atoms with Crippen LogP contribution in [0.4, 0.5) is 14.5 Å². The Hall–Kier alpha value is -1.16. The van der Waals surface area contributed by atoms with Crippen molar-refractivity contribution in [2.45, 2.75) is 6.10 Å². The fourth-order valence-electron chi connectivity index (χ4n) is 1.50. The second kappa shape index (κ2) is 3.20. The van der Waals surface area contributed by atoms with Crippen molar-refractivity contribution in [2.24, 2.45) is 0 Å². The van der Waals surface area contributed by atoms with E-state index in [-0.39, 0.29) is 11.8 Å². The van der Waals surface area contributed by atoms with Gasteiger partial charge >= 0.3 is 0 Å². The molecule has 14 heavy (non-hydrogen) atoms. The third kappa shape index (κ3) is 1.46. The van der Waals surface area contributed by atoms with Crippen LogP contribution in [0.15, 0.2) is 12.1 Å². The maximum atomic E-state index is 13.4. The fraction of sp³-hybridized carbons (Fsp3) is 0.400. The predicted octanol–water partition coefficient (Wildman–Crippen LogP) is 2.10. The smallest absolute Gasteiger partial charge is 0.182 e. The van der Waals surface area contributed by atoms with Gasteiger partial charge in [-0.2, -0.15) is 0 Å². The summed E-state index contributed by atoms with van der Waals surface area (Å²) in [6, 6.07) is 2.71. The Balaban J connectivity index is 2.53. The van der Waals surface area contributed by atoms with E-state index >= 15 is 0 Å². The van der Waals surface area contributed by atoms with Crippen LogP contribution in [0.1, 0.15) is 11.7 Å². The zero-order chi connectivity index (χ0) is 10.3. The Kier molecular flexibility index (Phi) is 2.15. The summed E-state index contributed by atoms with van der Waals surface area (Å²) in [4.78, 5) is 1.56. The van der Waals surface area contributed by atoms with E-state index in [0.29, 0.717) is 12.2 Å².